The number of likely N-dealkylation sites (tertiary alicyclic amines) is 4. The predicted molar refractivity (Wildman–Crippen MR) is 201 cm³/mol. The number of halogens is 2. The average molecular weight is 742 g/mol. The van der Waals surface area contributed by atoms with Gasteiger partial charge in [-0.05, 0) is 12.1 Å². The molecule has 4 aromatic rings. The molecule has 0 bridgehead atoms. The molecular formula is C40H42Cl2N6O4. The standard InChI is InChI=1S/C40H42Cl2N6O4/c1-25(49)47-21-39(22-47)17-45(18-39)15-27-11-13-33(43-37(27)51-3)31-9-5-7-29(35(31)41)30-8-6-10-32(36(30)42)34-14-12-28(38(44-34)52-4)16-46-19-40(20-46)23-48(24-40)26(2)50/h5-14H,15-24H2,1-4H3. The van der Waals surface area contributed by atoms with Crippen LogP contribution < -0.4 is 9.47 Å². The number of carbonyl (C=O) groups excluding carboxylic acids is 2. The third-order valence-corrected chi connectivity index (χ3v) is 11.9. The number of amides is 2. The second-order valence-electron chi connectivity index (χ2n) is 15.1. The van der Waals surface area contributed by atoms with Crippen LogP contribution in [0.3, 0.4) is 0 Å². The molecule has 270 valence electrons. The second kappa shape index (κ2) is 13.3. The van der Waals surface area contributed by atoms with Crippen molar-refractivity contribution in [3.8, 4) is 45.4 Å². The van der Waals surface area contributed by atoms with E-state index in [1.165, 1.54) is 0 Å². The summed E-state index contributed by atoms with van der Waals surface area (Å²) in [5.74, 6) is 1.44. The van der Waals surface area contributed by atoms with Crippen LogP contribution >= 0.6 is 23.2 Å². The van der Waals surface area contributed by atoms with Crippen LogP contribution in [0.2, 0.25) is 10.0 Å². The first-order valence-electron chi connectivity index (χ1n) is 17.6. The zero-order valence-corrected chi connectivity index (χ0v) is 31.4. The van der Waals surface area contributed by atoms with E-state index in [0.29, 0.717) is 33.2 Å². The molecule has 4 fully saturated rings. The molecule has 4 saturated heterocycles. The van der Waals surface area contributed by atoms with Gasteiger partial charge in [-0.3, -0.25) is 19.4 Å². The van der Waals surface area contributed by atoms with Gasteiger partial charge in [0.25, 0.3) is 0 Å². The molecule has 0 unspecified atom stereocenters. The fraction of sp³-hybridized carbons (Fsp3) is 0.400. The highest BCUT2D eigenvalue weighted by Gasteiger charge is 2.53. The Morgan fingerprint density at radius 3 is 1.31 bits per heavy atom. The molecule has 0 atom stereocenters. The van der Waals surface area contributed by atoms with Crippen molar-refractivity contribution in [3.05, 3.63) is 81.8 Å². The summed E-state index contributed by atoms with van der Waals surface area (Å²) < 4.78 is 11.5. The molecule has 2 spiro atoms. The molecular weight excluding hydrogens is 699 g/mol. The first kappa shape index (κ1) is 34.8. The summed E-state index contributed by atoms with van der Waals surface area (Å²) in [6.45, 7) is 12.0. The minimum absolute atomic E-state index is 0.150. The molecule has 2 aromatic heterocycles. The number of rotatable bonds is 9. The number of pyridine rings is 2. The zero-order chi connectivity index (χ0) is 36.4. The largest absolute Gasteiger partial charge is 0.481 e. The van der Waals surface area contributed by atoms with Gasteiger partial charge in [0.05, 0.1) is 35.7 Å². The number of ether oxygens (including phenoxy) is 2. The van der Waals surface area contributed by atoms with E-state index in [4.69, 9.17) is 42.6 Å². The molecule has 0 aliphatic carbocycles. The molecule has 0 saturated carbocycles. The minimum Gasteiger partial charge on any atom is -0.481 e. The van der Waals surface area contributed by atoms with Crippen molar-refractivity contribution in [1.29, 1.82) is 0 Å². The molecule has 0 radical (unpaired) electrons. The molecule has 2 aromatic carbocycles. The molecule has 10 nitrogen and oxygen atoms in total. The van der Waals surface area contributed by atoms with Crippen molar-refractivity contribution in [2.45, 2.75) is 26.9 Å². The fourth-order valence-electron chi connectivity index (χ4n) is 8.59. The first-order valence-corrected chi connectivity index (χ1v) is 18.4. The molecule has 4 aliphatic rings. The van der Waals surface area contributed by atoms with Crippen LogP contribution in [0.25, 0.3) is 33.6 Å². The van der Waals surface area contributed by atoms with Gasteiger partial charge in [-0.25, -0.2) is 9.97 Å². The van der Waals surface area contributed by atoms with Crippen LogP contribution in [0.5, 0.6) is 11.8 Å². The number of hydrogen-bond acceptors (Lipinski definition) is 8. The molecule has 12 heteroatoms. The Kier molecular flexibility index (Phi) is 8.93. The van der Waals surface area contributed by atoms with Crippen LogP contribution in [-0.2, 0) is 22.7 Å². The SMILES string of the molecule is COc1nc(-c2cccc(-c3cccc(-c4ccc(CN5CC6(C5)CN(C(C)=O)C6)c(OC)n4)c3Cl)c2Cl)ccc1CN1CC2(C1)CN(C(C)=O)C2. The van der Waals surface area contributed by atoms with Gasteiger partial charge in [0, 0.05) is 124 Å². The van der Waals surface area contributed by atoms with Gasteiger partial charge in [-0.15, -0.1) is 0 Å². The van der Waals surface area contributed by atoms with Crippen LogP contribution in [-0.4, -0.2) is 108 Å². The molecule has 4 aliphatic heterocycles. The van der Waals surface area contributed by atoms with Crippen LogP contribution in [0.15, 0.2) is 60.7 Å². The Balaban J connectivity index is 0.982. The van der Waals surface area contributed by atoms with E-state index in [-0.39, 0.29) is 22.6 Å². The quantitative estimate of drug-likeness (QED) is 0.203. The highest BCUT2D eigenvalue weighted by Crippen LogP contribution is 2.45. The lowest BCUT2D eigenvalue weighted by molar-refractivity contribution is -0.158. The Labute approximate surface area is 314 Å². The van der Waals surface area contributed by atoms with E-state index < -0.39 is 0 Å². The number of benzene rings is 2. The van der Waals surface area contributed by atoms with Crippen molar-refractivity contribution < 1.29 is 19.1 Å². The van der Waals surface area contributed by atoms with E-state index in [2.05, 4.69) is 21.9 Å². The van der Waals surface area contributed by atoms with E-state index in [0.717, 1.165) is 98.8 Å². The van der Waals surface area contributed by atoms with Crippen molar-refractivity contribution in [3.63, 3.8) is 0 Å². The second-order valence-corrected chi connectivity index (χ2v) is 15.9. The van der Waals surface area contributed by atoms with Crippen molar-refractivity contribution >= 4 is 35.0 Å². The van der Waals surface area contributed by atoms with Gasteiger partial charge in [0.2, 0.25) is 23.6 Å². The Morgan fingerprint density at radius 2 is 0.962 bits per heavy atom. The molecule has 2 amide bonds. The van der Waals surface area contributed by atoms with Crippen LogP contribution in [0, 0.1) is 10.8 Å². The Hall–Kier alpha value is -4.22. The summed E-state index contributed by atoms with van der Waals surface area (Å²) in [5, 5.41) is 1.08. The van der Waals surface area contributed by atoms with Gasteiger partial charge < -0.3 is 19.3 Å². The Bertz CT molecular complexity index is 1920. The van der Waals surface area contributed by atoms with E-state index >= 15 is 0 Å². The van der Waals surface area contributed by atoms with Gasteiger partial charge in [0.15, 0.2) is 0 Å². The van der Waals surface area contributed by atoms with Crippen LogP contribution in [0.1, 0.15) is 25.0 Å². The number of hydrogen-bond donors (Lipinski definition) is 0. The summed E-state index contributed by atoms with van der Waals surface area (Å²) in [4.78, 5) is 41.6. The number of methoxy groups -OCH3 is 2. The molecule has 8 rings (SSSR count). The van der Waals surface area contributed by atoms with Crippen LogP contribution in [0.4, 0.5) is 0 Å². The van der Waals surface area contributed by atoms with Crippen molar-refractivity contribution in [2.75, 3.05) is 66.6 Å². The number of nitrogens with zero attached hydrogens (tertiary/aromatic N) is 6. The molecule has 6 heterocycles. The third kappa shape index (κ3) is 6.19. The molecule has 0 N–H and O–H groups in total. The lowest BCUT2D eigenvalue weighted by Gasteiger charge is -2.60. The maximum atomic E-state index is 11.6. The summed E-state index contributed by atoms with van der Waals surface area (Å²) in [6, 6.07) is 19.8. The monoisotopic (exact) mass is 740 g/mol. The minimum atomic E-state index is 0.150. The van der Waals surface area contributed by atoms with Gasteiger partial charge >= 0.3 is 0 Å². The first-order chi connectivity index (χ1) is 25.0. The van der Waals surface area contributed by atoms with Gasteiger partial charge in [-0.1, -0.05) is 71.7 Å². The normalized spacial score (nSPS) is 18.7. The van der Waals surface area contributed by atoms with Gasteiger partial charge in [0.1, 0.15) is 0 Å². The van der Waals surface area contributed by atoms with Crippen molar-refractivity contribution in [1.82, 2.24) is 29.6 Å². The fourth-order valence-corrected chi connectivity index (χ4v) is 9.24. The predicted octanol–water partition coefficient (Wildman–Crippen LogP) is 6.13. The summed E-state index contributed by atoms with van der Waals surface area (Å²) in [5.41, 5.74) is 7.04. The smallest absolute Gasteiger partial charge is 0.219 e. The summed E-state index contributed by atoms with van der Waals surface area (Å²) >= 11 is 14.3. The van der Waals surface area contributed by atoms with Gasteiger partial charge in [-0.2, -0.15) is 0 Å². The number of carbonyl (C=O) groups is 2. The molecule has 52 heavy (non-hydrogen) atoms. The number of aromatic nitrogens is 2. The van der Waals surface area contributed by atoms with Crippen molar-refractivity contribution in [2.24, 2.45) is 10.8 Å². The topological polar surface area (TPSA) is 91.3 Å². The highest BCUT2D eigenvalue weighted by atomic mass is 35.5. The summed E-state index contributed by atoms with van der Waals surface area (Å²) in [6.07, 6.45) is 0. The third-order valence-electron chi connectivity index (χ3n) is 11.1. The van der Waals surface area contributed by atoms with E-state index in [9.17, 15) is 9.59 Å². The van der Waals surface area contributed by atoms with E-state index in [1.54, 1.807) is 28.1 Å². The Morgan fingerprint density at radius 1 is 0.596 bits per heavy atom. The average Bonchev–Trinajstić information content (AvgIpc) is 3.06. The highest BCUT2D eigenvalue weighted by molar-refractivity contribution is 6.39. The lowest BCUT2D eigenvalue weighted by Crippen LogP contribution is -2.72. The lowest BCUT2D eigenvalue weighted by atomic mass is 9.72. The zero-order valence-electron chi connectivity index (χ0n) is 29.9. The van der Waals surface area contributed by atoms with E-state index in [1.807, 2.05) is 58.3 Å². The maximum Gasteiger partial charge on any atom is 0.219 e. The maximum absolute atomic E-state index is 11.6. The summed E-state index contributed by atoms with van der Waals surface area (Å²) in [7, 11) is 3.28.